The highest BCUT2D eigenvalue weighted by atomic mass is 16.3. The van der Waals surface area contributed by atoms with Crippen molar-refractivity contribution in [2.45, 2.75) is 39.8 Å². The molecule has 1 N–H and O–H groups in total. The number of hydrogen-bond donors (Lipinski definition) is 1. The quantitative estimate of drug-likeness (QED) is 0.868. The second kappa shape index (κ2) is 5.57. The van der Waals surface area contributed by atoms with Crippen molar-refractivity contribution in [1.29, 1.82) is 0 Å². The largest absolute Gasteiger partial charge is 0.464 e. The summed E-state index contributed by atoms with van der Waals surface area (Å²) in [7, 11) is 0. The Morgan fingerprint density at radius 2 is 2.22 bits per heavy atom. The van der Waals surface area contributed by atoms with Crippen LogP contribution in [-0.2, 0) is 11.3 Å². The summed E-state index contributed by atoms with van der Waals surface area (Å²) in [5, 5.41) is 3.20. The van der Waals surface area contributed by atoms with Crippen LogP contribution in [-0.4, -0.2) is 29.9 Å². The number of nitrogens with one attached hydrogen (secondary N) is 1. The van der Waals surface area contributed by atoms with Gasteiger partial charge in [-0.2, -0.15) is 0 Å². The van der Waals surface area contributed by atoms with Gasteiger partial charge in [0.15, 0.2) is 0 Å². The van der Waals surface area contributed by atoms with E-state index in [-0.39, 0.29) is 11.9 Å². The Bertz CT molecular complexity index is 408. The third-order valence-corrected chi connectivity index (χ3v) is 3.40. The third kappa shape index (κ3) is 3.13. The molecule has 1 aliphatic rings. The minimum atomic E-state index is 0.205. The summed E-state index contributed by atoms with van der Waals surface area (Å²) < 4.78 is 5.55. The maximum absolute atomic E-state index is 12.3. The zero-order chi connectivity index (χ0) is 13.1. The first kappa shape index (κ1) is 13.1. The van der Waals surface area contributed by atoms with E-state index in [0.29, 0.717) is 18.9 Å². The normalized spacial score (nSPS) is 15.8. The first-order valence-corrected chi connectivity index (χ1v) is 6.61. The van der Waals surface area contributed by atoms with E-state index in [1.807, 2.05) is 37.8 Å². The fourth-order valence-corrected chi connectivity index (χ4v) is 2.15. The van der Waals surface area contributed by atoms with Crippen LogP contribution >= 0.6 is 0 Å². The predicted molar refractivity (Wildman–Crippen MR) is 70.1 cm³/mol. The van der Waals surface area contributed by atoms with Crippen LogP contribution in [0.5, 0.6) is 0 Å². The van der Waals surface area contributed by atoms with Gasteiger partial charge < -0.3 is 14.6 Å². The summed E-state index contributed by atoms with van der Waals surface area (Å²) in [6.45, 7) is 8.53. The van der Waals surface area contributed by atoms with Crippen molar-refractivity contribution >= 4 is 5.91 Å². The molecular weight excluding hydrogens is 228 g/mol. The maximum Gasteiger partial charge on any atom is 0.223 e. The second-order valence-electron chi connectivity index (χ2n) is 5.36. The minimum absolute atomic E-state index is 0.205. The lowest BCUT2D eigenvalue weighted by Gasteiger charge is -2.31. The zero-order valence-corrected chi connectivity index (χ0v) is 11.4. The lowest BCUT2D eigenvalue weighted by molar-refractivity contribution is -0.135. The van der Waals surface area contributed by atoms with Crippen LogP contribution in [0.1, 0.15) is 31.8 Å². The number of carbonyl (C=O) groups is 1. The Balaban J connectivity index is 1.96. The van der Waals surface area contributed by atoms with Crippen LogP contribution in [0, 0.1) is 12.8 Å². The number of furan rings is 1. The molecule has 0 atom stereocenters. The van der Waals surface area contributed by atoms with Gasteiger partial charge in [0, 0.05) is 12.5 Å². The fraction of sp³-hybridized carbons (Fsp3) is 0.643. The van der Waals surface area contributed by atoms with E-state index >= 15 is 0 Å². The van der Waals surface area contributed by atoms with E-state index in [0.717, 1.165) is 24.6 Å². The average molecular weight is 250 g/mol. The van der Waals surface area contributed by atoms with E-state index in [2.05, 4.69) is 5.32 Å². The number of aryl methyl sites for hydroxylation is 1. The Kier molecular flexibility index (Phi) is 4.07. The molecule has 0 saturated carbocycles. The molecule has 18 heavy (non-hydrogen) atoms. The molecule has 4 nitrogen and oxygen atoms in total. The molecule has 0 radical (unpaired) electrons. The van der Waals surface area contributed by atoms with Crippen LogP contribution in [0.15, 0.2) is 16.5 Å². The highest BCUT2D eigenvalue weighted by molar-refractivity contribution is 5.76. The van der Waals surface area contributed by atoms with Gasteiger partial charge in [-0.25, -0.2) is 0 Å². The summed E-state index contributed by atoms with van der Waals surface area (Å²) in [6.07, 6.45) is 0.644. The van der Waals surface area contributed by atoms with Crippen molar-refractivity contribution in [2.75, 3.05) is 13.1 Å². The van der Waals surface area contributed by atoms with Crippen molar-refractivity contribution in [1.82, 2.24) is 10.2 Å². The summed E-state index contributed by atoms with van der Waals surface area (Å²) in [4.78, 5) is 14.2. The Morgan fingerprint density at radius 1 is 1.50 bits per heavy atom. The van der Waals surface area contributed by atoms with Gasteiger partial charge in [-0.05, 0) is 51.9 Å². The molecule has 1 saturated heterocycles. The van der Waals surface area contributed by atoms with Crippen LogP contribution in [0.4, 0.5) is 0 Å². The first-order chi connectivity index (χ1) is 8.56. The molecule has 1 fully saturated rings. The molecule has 4 heteroatoms. The van der Waals surface area contributed by atoms with E-state index in [1.54, 1.807) is 0 Å². The third-order valence-electron chi connectivity index (χ3n) is 3.40. The lowest BCUT2D eigenvalue weighted by Crippen LogP contribution is -2.46. The molecule has 2 rings (SSSR count). The smallest absolute Gasteiger partial charge is 0.223 e. The molecule has 0 spiro atoms. The molecule has 0 bridgehead atoms. The molecule has 1 aliphatic heterocycles. The molecule has 1 aromatic heterocycles. The van der Waals surface area contributed by atoms with E-state index in [4.69, 9.17) is 4.42 Å². The molecule has 1 amide bonds. The average Bonchev–Trinajstić information content (AvgIpc) is 2.65. The Labute approximate surface area is 108 Å². The highest BCUT2D eigenvalue weighted by Gasteiger charge is 2.25. The minimum Gasteiger partial charge on any atom is -0.464 e. The van der Waals surface area contributed by atoms with Crippen LogP contribution < -0.4 is 5.32 Å². The molecule has 0 aromatic carbocycles. The first-order valence-electron chi connectivity index (χ1n) is 6.61. The Morgan fingerprint density at radius 3 is 2.67 bits per heavy atom. The summed E-state index contributed by atoms with van der Waals surface area (Å²) in [5.41, 5.74) is 0. The lowest BCUT2D eigenvalue weighted by atomic mass is 9.98. The Hall–Kier alpha value is -1.29. The van der Waals surface area contributed by atoms with Gasteiger partial charge in [-0.15, -0.1) is 0 Å². The van der Waals surface area contributed by atoms with Crippen molar-refractivity contribution in [3.63, 3.8) is 0 Å². The van der Waals surface area contributed by atoms with E-state index < -0.39 is 0 Å². The van der Waals surface area contributed by atoms with Gasteiger partial charge in [0.05, 0.1) is 6.54 Å². The van der Waals surface area contributed by atoms with Gasteiger partial charge in [0.2, 0.25) is 5.91 Å². The van der Waals surface area contributed by atoms with Gasteiger partial charge in [0.1, 0.15) is 11.5 Å². The number of nitrogens with zero attached hydrogens (tertiary/aromatic N) is 1. The summed E-state index contributed by atoms with van der Waals surface area (Å²) >= 11 is 0. The highest BCUT2D eigenvalue weighted by Crippen LogP contribution is 2.16. The SMILES string of the molecule is Cc1ccc(CN(C(=O)CC2CNC2)C(C)C)o1. The van der Waals surface area contributed by atoms with Crippen LogP contribution in [0.3, 0.4) is 0 Å². The maximum atomic E-state index is 12.3. The van der Waals surface area contributed by atoms with Crippen molar-refractivity contribution in [3.05, 3.63) is 23.7 Å². The zero-order valence-electron chi connectivity index (χ0n) is 11.4. The standard InChI is InChI=1S/C14H22N2O2/c1-10(2)16(9-13-5-4-11(3)18-13)14(17)6-12-7-15-8-12/h4-5,10,12,15H,6-9H2,1-3H3. The second-order valence-corrected chi connectivity index (χ2v) is 5.36. The number of hydrogen-bond acceptors (Lipinski definition) is 3. The number of rotatable bonds is 5. The molecule has 1 aromatic rings. The number of carbonyl (C=O) groups excluding carboxylic acids is 1. The van der Waals surface area contributed by atoms with Crippen molar-refractivity contribution < 1.29 is 9.21 Å². The number of amides is 1. The molecular formula is C14H22N2O2. The summed E-state index contributed by atoms with van der Waals surface area (Å²) in [6, 6.07) is 4.09. The van der Waals surface area contributed by atoms with Gasteiger partial charge in [-0.3, -0.25) is 4.79 Å². The topological polar surface area (TPSA) is 45.5 Å². The van der Waals surface area contributed by atoms with Crippen LogP contribution in [0.25, 0.3) is 0 Å². The van der Waals surface area contributed by atoms with E-state index in [9.17, 15) is 4.79 Å². The monoisotopic (exact) mass is 250 g/mol. The fourth-order valence-electron chi connectivity index (χ4n) is 2.15. The predicted octanol–water partition coefficient (Wildman–Crippen LogP) is 1.93. The van der Waals surface area contributed by atoms with Crippen molar-refractivity contribution in [2.24, 2.45) is 5.92 Å². The van der Waals surface area contributed by atoms with Gasteiger partial charge in [-0.1, -0.05) is 0 Å². The molecule has 0 aliphatic carbocycles. The van der Waals surface area contributed by atoms with Gasteiger partial charge >= 0.3 is 0 Å². The van der Waals surface area contributed by atoms with Crippen LogP contribution in [0.2, 0.25) is 0 Å². The van der Waals surface area contributed by atoms with Gasteiger partial charge in [0.25, 0.3) is 0 Å². The molecule has 100 valence electrons. The molecule has 2 heterocycles. The summed E-state index contributed by atoms with van der Waals surface area (Å²) in [5.74, 6) is 2.49. The molecule has 0 unspecified atom stereocenters. The van der Waals surface area contributed by atoms with Crippen molar-refractivity contribution in [3.8, 4) is 0 Å². The van der Waals surface area contributed by atoms with E-state index in [1.165, 1.54) is 0 Å².